The number of carbonyl (C=O) groups is 1. The van der Waals surface area contributed by atoms with Crippen LogP contribution >= 0.6 is 0 Å². The van der Waals surface area contributed by atoms with E-state index in [4.69, 9.17) is 11.1 Å². The van der Waals surface area contributed by atoms with Crippen LogP contribution in [-0.4, -0.2) is 18.3 Å². The van der Waals surface area contributed by atoms with Gasteiger partial charge in [0.2, 0.25) is 5.91 Å². The van der Waals surface area contributed by atoms with Crippen molar-refractivity contribution in [2.45, 2.75) is 32.6 Å². The van der Waals surface area contributed by atoms with Gasteiger partial charge in [0.25, 0.3) is 0 Å². The molecular weight excluding hydrogens is 178 g/mol. The normalized spacial score (nSPS) is 26.9. The van der Waals surface area contributed by atoms with Crippen molar-refractivity contribution in [1.29, 1.82) is 5.41 Å². The molecule has 1 saturated carbocycles. The third-order valence-electron chi connectivity index (χ3n) is 2.86. The van der Waals surface area contributed by atoms with Crippen LogP contribution in [0.15, 0.2) is 0 Å². The molecule has 1 amide bonds. The molecule has 1 aliphatic rings. The number of rotatable bonds is 3. The van der Waals surface area contributed by atoms with Crippen molar-refractivity contribution in [3.63, 3.8) is 0 Å². The van der Waals surface area contributed by atoms with Crippen molar-refractivity contribution in [1.82, 2.24) is 5.32 Å². The molecule has 1 rings (SSSR count). The fraction of sp³-hybridized carbons (Fsp3) is 0.800. The Hall–Kier alpha value is -1.06. The minimum absolute atomic E-state index is 0.0231. The van der Waals surface area contributed by atoms with Gasteiger partial charge < -0.3 is 11.1 Å². The molecule has 4 N–H and O–H groups in total. The van der Waals surface area contributed by atoms with Crippen LogP contribution in [0.3, 0.4) is 0 Å². The zero-order valence-electron chi connectivity index (χ0n) is 8.68. The number of nitrogens with two attached hydrogens (primary N) is 1. The van der Waals surface area contributed by atoms with E-state index < -0.39 is 0 Å². The second-order valence-electron chi connectivity index (χ2n) is 4.12. The summed E-state index contributed by atoms with van der Waals surface area (Å²) in [7, 11) is 0. The Balaban J connectivity index is 2.32. The van der Waals surface area contributed by atoms with Crippen molar-refractivity contribution in [2.75, 3.05) is 6.54 Å². The molecule has 4 heteroatoms. The fourth-order valence-corrected chi connectivity index (χ4v) is 2.05. The van der Waals surface area contributed by atoms with Crippen LogP contribution < -0.4 is 11.1 Å². The van der Waals surface area contributed by atoms with E-state index in [1.54, 1.807) is 0 Å². The van der Waals surface area contributed by atoms with Gasteiger partial charge in [-0.1, -0.05) is 6.42 Å². The summed E-state index contributed by atoms with van der Waals surface area (Å²) in [5, 5.41) is 10.2. The van der Waals surface area contributed by atoms with E-state index in [-0.39, 0.29) is 11.8 Å². The van der Waals surface area contributed by atoms with Crippen LogP contribution in [0.5, 0.6) is 0 Å². The highest BCUT2D eigenvalue weighted by Crippen LogP contribution is 2.28. The summed E-state index contributed by atoms with van der Waals surface area (Å²) < 4.78 is 0. The lowest BCUT2D eigenvalue weighted by molar-refractivity contribution is -0.119. The predicted molar refractivity (Wildman–Crippen MR) is 56.0 cm³/mol. The van der Waals surface area contributed by atoms with E-state index in [9.17, 15) is 4.79 Å². The molecule has 80 valence electrons. The zero-order valence-corrected chi connectivity index (χ0v) is 8.68. The number of amides is 1. The van der Waals surface area contributed by atoms with Gasteiger partial charge in [-0.3, -0.25) is 10.2 Å². The monoisotopic (exact) mass is 197 g/mol. The molecular formula is C10H19N3O. The lowest BCUT2D eigenvalue weighted by atomic mass is 9.81. The van der Waals surface area contributed by atoms with E-state index in [1.807, 2.05) is 0 Å². The van der Waals surface area contributed by atoms with Crippen molar-refractivity contribution in [3.8, 4) is 0 Å². The second-order valence-corrected chi connectivity index (χ2v) is 4.12. The minimum atomic E-state index is 0.0231. The topological polar surface area (TPSA) is 79.0 Å². The van der Waals surface area contributed by atoms with Crippen molar-refractivity contribution in [2.24, 2.45) is 17.6 Å². The highest BCUT2D eigenvalue weighted by molar-refractivity contribution is 5.79. The molecule has 1 aliphatic carbocycles. The van der Waals surface area contributed by atoms with E-state index in [1.165, 1.54) is 6.92 Å². The van der Waals surface area contributed by atoms with Crippen LogP contribution in [0.1, 0.15) is 32.6 Å². The zero-order chi connectivity index (χ0) is 10.6. The Morgan fingerprint density at radius 2 is 2.29 bits per heavy atom. The van der Waals surface area contributed by atoms with Gasteiger partial charge in [0.05, 0.1) is 5.84 Å². The summed E-state index contributed by atoms with van der Waals surface area (Å²) in [6.45, 7) is 2.27. The van der Waals surface area contributed by atoms with E-state index in [0.29, 0.717) is 11.8 Å². The second kappa shape index (κ2) is 4.98. The van der Waals surface area contributed by atoms with Gasteiger partial charge in [-0.25, -0.2) is 0 Å². The largest absolute Gasteiger partial charge is 0.387 e. The van der Waals surface area contributed by atoms with Gasteiger partial charge >= 0.3 is 0 Å². The Bertz CT molecular complexity index is 227. The molecule has 2 unspecified atom stereocenters. The maximum Gasteiger partial charge on any atom is 0.216 e. The molecule has 1 fully saturated rings. The summed E-state index contributed by atoms with van der Waals surface area (Å²) in [4.78, 5) is 10.7. The molecule has 0 aromatic heterocycles. The molecule has 4 nitrogen and oxygen atoms in total. The Labute approximate surface area is 84.8 Å². The molecule has 0 radical (unpaired) electrons. The number of nitrogens with one attached hydrogen (secondary N) is 2. The van der Waals surface area contributed by atoms with Gasteiger partial charge in [-0.05, 0) is 25.2 Å². The van der Waals surface area contributed by atoms with Crippen LogP contribution in [0, 0.1) is 17.2 Å². The Kier molecular flexibility index (Phi) is 3.92. The van der Waals surface area contributed by atoms with Crippen LogP contribution in [-0.2, 0) is 4.79 Å². The molecule has 14 heavy (non-hydrogen) atoms. The predicted octanol–water partition coefficient (Wildman–Crippen LogP) is 0.865. The van der Waals surface area contributed by atoms with Gasteiger partial charge in [0.15, 0.2) is 0 Å². The van der Waals surface area contributed by atoms with Gasteiger partial charge in [-0.2, -0.15) is 0 Å². The molecule has 0 aromatic carbocycles. The standard InChI is InChI=1S/C10H19N3O/c1-7(14)13-6-8-3-2-4-9(5-8)10(11)12/h8-9H,2-6H2,1H3,(H3,11,12)(H,13,14). The van der Waals surface area contributed by atoms with Crippen molar-refractivity contribution < 1.29 is 4.79 Å². The smallest absolute Gasteiger partial charge is 0.216 e. The summed E-state index contributed by atoms with van der Waals surface area (Å²) in [6, 6.07) is 0. The minimum Gasteiger partial charge on any atom is -0.387 e. The first-order valence-corrected chi connectivity index (χ1v) is 5.18. The van der Waals surface area contributed by atoms with Crippen LogP contribution in [0.4, 0.5) is 0 Å². The average Bonchev–Trinajstić information content (AvgIpc) is 2.15. The summed E-state index contributed by atoms with van der Waals surface area (Å²) in [5.41, 5.74) is 5.48. The molecule has 0 aromatic rings. The molecule has 0 saturated heterocycles. The van der Waals surface area contributed by atoms with E-state index in [0.717, 1.165) is 32.2 Å². The number of hydrogen-bond acceptors (Lipinski definition) is 2. The SMILES string of the molecule is CC(=O)NCC1CCCC(C(=N)N)C1. The van der Waals surface area contributed by atoms with Crippen molar-refractivity contribution in [3.05, 3.63) is 0 Å². The lowest BCUT2D eigenvalue weighted by Crippen LogP contribution is -2.34. The van der Waals surface area contributed by atoms with Crippen molar-refractivity contribution >= 4 is 11.7 Å². The lowest BCUT2D eigenvalue weighted by Gasteiger charge is -2.28. The molecule has 0 bridgehead atoms. The van der Waals surface area contributed by atoms with Gasteiger partial charge in [-0.15, -0.1) is 0 Å². The Morgan fingerprint density at radius 1 is 1.57 bits per heavy atom. The van der Waals surface area contributed by atoms with Gasteiger partial charge in [0, 0.05) is 19.4 Å². The number of carbonyl (C=O) groups excluding carboxylic acids is 1. The first-order valence-electron chi connectivity index (χ1n) is 5.18. The molecule has 0 aliphatic heterocycles. The molecule has 0 heterocycles. The Morgan fingerprint density at radius 3 is 2.86 bits per heavy atom. The summed E-state index contributed by atoms with van der Waals surface area (Å²) >= 11 is 0. The maximum absolute atomic E-state index is 10.7. The quantitative estimate of drug-likeness (QED) is 0.463. The molecule has 0 spiro atoms. The first kappa shape index (κ1) is 11.0. The fourth-order valence-electron chi connectivity index (χ4n) is 2.05. The third kappa shape index (κ3) is 3.36. The maximum atomic E-state index is 10.7. The summed E-state index contributed by atoms with van der Waals surface area (Å²) in [5.74, 6) is 1.07. The van der Waals surface area contributed by atoms with Crippen LogP contribution in [0.25, 0.3) is 0 Å². The highest BCUT2D eigenvalue weighted by atomic mass is 16.1. The highest BCUT2D eigenvalue weighted by Gasteiger charge is 2.23. The van der Waals surface area contributed by atoms with Crippen LogP contribution in [0.2, 0.25) is 0 Å². The summed E-state index contributed by atoms with van der Waals surface area (Å²) in [6.07, 6.45) is 4.25. The average molecular weight is 197 g/mol. The number of hydrogen-bond donors (Lipinski definition) is 3. The van der Waals surface area contributed by atoms with E-state index in [2.05, 4.69) is 5.32 Å². The number of amidine groups is 1. The third-order valence-corrected chi connectivity index (χ3v) is 2.86. The first-order chi connectivity index (χ1) is 6.59. The van der Waals surface area contributed by atoms with Gasteiger partial charge in [0.1, 0.15) is 0 Å². The van der Waals surface area contributed by atoms with E-state index >= 15 is 0 Å². The molecule has 2 atom stereocenters.